The number of amidine groups is 1. The lowest BCUT2D eigenvalue weighted by molar-refractivity contribution is -0.122. The molecule has 6 nitrogen and oxygen atoms in total. The number of ether oxygens (including phenoxy) is 2. The zero-order valence-corrected chi connectivity index (χ0v) is 25.1. The van der Waals surface area contributed by atoms with E-state index in [9.17, 15) is 10.1 Å². The molecule has 0 bridgehead atoms. The SMILES string of the molecule is COc1ccc(N=C2S/C(=C/c3cc(Br)c(OCc4ccccc4C#N)c(Br)c3)C(=O)N2CC(C)C)cc1. The Bertz CT molecular complexity index is 1420. The van der Waals surface area contributed by atoms with Gasteiger partial charge >= 0.3 is 0 Å². The Morgan fingerprint density at radius 3 is 2.42 bits per heavy atom. The highest BCUT2D eigenvalue weighted by atomic mass is 79.9. The van der Waals surface area contributed by atoms with E-state index in [1.54, 1.807) is 18.1 Å². The number of carbonyl (C=O) groups is 1. The average molecular weight is 655 g/mol. The average Bonchev–Trinajstić information content (AvgIpc) is 3.17. The zero-order valence-electron chi connectivity index (χ0n) is 21.1. The summed E-state index contributed by atoms with van der Waals surface area (Å²) in [7, 11) is 1.62. The number of hydrogen-bond acceptors (Lipinski definition) is 6. The van der Waals surface area contributed by atoms with Crippen LogP contribution in [0.25, 0.3) is 6.08 Å². The van der Waals surface area contributed by atoms with Crippen LogP contribution in [-0.4, -0.2) is 29.6 Å². The predicted molar refractivity (Wildman–Crippen MR) is 160 cm³/mol. The summed E-state index contributed by atoms with van der Waals surface area (Å²) >= 11 is 8.56. The van der Waals surface area contributed by atoms with Gasteiger partial charge in [0, 0.05) is 12.1 Å². The van der Waals surface area contributed by atoms with E-state index in [2.05, 4.69) is 51.8 Å². The number of methoxy groups -OCH3 is 1. The fourth-order valence-electron chi connectivity index (χ4n) is 3.74. The van der Waals surface area contributed by atoms with Crippen LogP contribution in [0.5, 0.6) is 11.5 Å². The van der Waals surface area contributed by atoms with E-state index in [1.807, 2.05) is 60.7 Å². The van der Waals surface area contributed by atoms with Crippen LogP contribution in [0.4, 0.5) is 5.69 Å². The van der Waals surface area contributed by atoms with Crippen molar-refractivity contribution in [3.63, 3.8) is 0 Å². The fourth-order valence-corrected chi connectivity index (χ4v) is 6.20. The van der Waals surface area contributed by atoms with Crippen molar-refractivity contribution in [1.82, 2.24) is 4.90 Å². The first-order chi connectivity index (χ1) is 18.3. The molecule has 0 N–H and O–H groups in total. The van der Waals surface area contributed by atoms with E-state index in [0.717, 1.165) is 31.5 Å². The highest BCUT2D eigenvalue weighted by molar-refractivity contribution is 9.11. The van der Waals surface area contributed by atoms with Gasteiger partial charge in [-0.1, -0.05) is 32.0 Å². The van der Waals surface area contributed by atoms with Crippen LogP contribution >= 0.6 is 43.6 Å². The lowest BCUT2D eigenvalue weighted by atomic mass is 10.1. The van der Waals surface area contributed by atoms with Crippen LogP contribution < -0.4 is 9.47 Å². The van der Waals surface area contributed by atoms with Gasteiger partial charge in [0.25, 0.3) is 5.91 Å². The minimum atomic E-state index is -0.0726. The monoisotopic (exact) mass is 653 g/mol. The summed E-state index contributed by atoms with van der Waals surface area (Å²) in [6.45, 7) is 4.98. The molecular formula is C29H25Br2N3O3S. The predicted octanol–water partition coefficient (Wildman–Crippen LogP) is 7.93. The summed E-state index contributed by atoms with van der Waals surface area (Å²) in [5.41, 5.74) is 2.97. The van der Waals surface area contributed by atoms with E-state index >= 15 is 0 Å². The quantitative estimate of drug-likeness (QED) is 0.231. The molecule has 0 aromatic heterocycles. The first-order valence-electron chi connectivity index (χ1n) is 11.8. The van der Waals surface area contributed by atoms with Gasteiger partial charge < -0.3 is 9.47 Å². The van der Waals surface area contributed by atoms with Crippen LogP contribution in [0.1, 0.15) is 30.5 Å². The Kier molecular flexibility index (Phi) is 9.31. The molecule has 0 aliphatic carbocycles. The van der Waals surface area contributed by atoms with Crippen molar-refractivity contribution in [2.75, 3.05) is 13.7 Å². The third-order valence-corrected chi connectivity index (χ3v) is 7.75. The molecule has 0 atom stereocenters. The minimum absolute atomic E-state index is 0.0726. The van der Waals surface area contributed by atoms with Gasteiger partial charge in [-0.25, -0.2) is 4.99 Å². The molecule has 38 heavy (non-hydrogen) atoms. The number of hydrogen-bond donors (Lipinski definition) is 0. The van der Waals surface area contributed by atoms with E-state index in [1.165, 1.54) is 11.8 Å². The van der Waals surface area contributed by atoms with Crippen molar-refractivity contribution < 1.29 is 14.3 Å². The number of nitriles is 1. The lowest BCUT2D eigenvalue weighted by Gasteiger charge is -2.17. The zero-order chi connectivity index (χ0) is 27.2. The summed E-state index contributed by atoms with van der Waals surface area (Å²) in [5.74, 6) is 1.58. The Morgan fingerprint density at radius 2 is 1.79 bits per heavy atom. The highest BCUT2D eigenvalue weighted by Gasteiger charge is 2.33. The maximum atomic E-state index is 13.4. The number of nitrogens with zero attached hydrogens (tertiary/aromatic N) is 3. The van der Waals surface area contributed by atoms with Crippen LogP contribution in [0.3, 0.4) is 0 Å². The number of amides is 1. The molecular weight excluding hydrogens is 630 g/mol. The number of thioether (sulfide) groups is 1. The molecule has 4 rings (SSSR count). The van der Waals surface area contributed by atoms with Gasteiger partial charge in [0.1, 0.15) is 18.1 Å². The van der Waals surface area contributed by atoms with Crippen molar-refractivity contribution in [3.05, 3.63) is 91.2 Å². The summed E-state index contributed by atoms with van der Waals surface area (Å²) < 4.78 is 12.7. The van der Waals surface area contributed by atoms with Crippen molar-refractivity contribution >= 4 is 66.5 Å². The van der Waals surface area contributed by atoms with Gasteiger partial charge in [0.15, 0.2) is 5.17 Å². The van der Waals surface area contributed by atoms with Gasteiger partial charge in [0.2, 0.25) is 0 Å². The highest BCUT2D eigenvalue weighted by Crippen LogP contribution is 2.39. The van der Waals surface area contributed by atoms with Crippen molar-refractivity contribution in [1.29, 1.82) is 5.26 Å². The molecule has 0 saturated carbocycles. The van der Waals surface area contributed by atoms with Crippen molar-refractivity contribution in [2.24, 2.45) is 10.9 Å². The van der Waals surface area contributed by atoms with Gasteiger partial charge in [0.05, 0.1) is 38.3 Å². The van der Waals surface area contributed by atoms with Crippen LogP contribution in [0.15, 0.2) is 79.5 Å². The molecule has 1 heterocycles. The molecule has 3 aromatic carbocycles. The standard InChI is InChI=1S/C29H25Br2N3O3S/c1-18(2)16-34-28(35)26(38-29(34)33-22-8-10-23(36-3)11-9-22)14-19-12-24(30)27(25(31)13-19)37-17-21-7-5-4-6-20(21)15-32/h4-14,18H,16-17H2,1-3H3/b26-14+,33-29?. The van der Waals surface area contributed by atoms with E-state index < -0.39 is 0 Å². The van der Waals surface area contributed by atoms with E-state index in [4.69, 9.17) is 14.5 Å². The maximum Gasteiger partial charge on any atom is 0.266 e. The molecule has 1 aliphatic heterocycles. The Hall–Kier alpha value is -3.06. The fraction of sp³-hybridized carbons (Fsp3) is 0.207. The van der Waals surface area contributed by atoms with Crippen LogP contribution in [0.2, 0.25) is 0 Å². The Balaban J connectivity index is 1.58. The summed E-state index contributed by atoms with van der Waals surface area (Å²) in [6, 6.07) is 20.8. The van der Waals surface area contributed by atoms with Gasteiger partial charge in [-0.3, -0.25) is 9.69 Å². The van der Waals surface area contributed by atoms with Gasteiger partial charge in [-0.05, 0) is 104 Å². The summed E-state index contributed by atoms with van der Waals surface area (Å²) in [4.78, 5) is 20.4. The van der Waals surface area contributed by atoms with E-state index in [0.29, 0.717) is 27.9 Å². The summed E-state index contributed by atoms with van der Waals surface area (Å²) in [5, 5.41) is 9.98. The minimum Gasteiger partial charge on any atom is -0.497 e. The van der Waals surface area contributed by atoms with Crippen molar-refractivity contribution in [2.45, 2.75) is 20.5 Å². The third-order valence-electron chi connectivity index (χ3n) is 5.56. The Labute approximate surface area is 243 Å². The molecule has 9 heteroatoms. The molecule has 0 spiro atoms. The normalized spacial score (nSPS) is 15.4. The molecule has 1 fully saturated rings. The smallest absolute Gasteiger partial charge is 0.266 e. The molecule has 0 radical (unpaired) electrons. The Morgan fingerprint density at radius 1 is 1.11 bits per heavy atom. The second kappa shape index (κ2) is 12.7. The molecule has 1 saturated heterocycles. The first-order valence-corrected chi connectivity index (χ1v) is 14.2. The topological polar surface area (TPSA) is 74.9 Å². The maximum absolute atomic E-state index is 13.4. The molecule has 3 aromatic rings. The molecule has 194 valence electrons. The third kappa shape index (κ3) is 6.68. The second-order valence-corrected chi connectivity index (χ2v) is 11.6. The van der Waals surface area contributed by atoms with Crippen LogP contribution in [0, 0.1) is 17.2 Å². The molecule has 1 amide bonds. The number of halogens is 2. The number of carbonyl (C=O) groups excluding carboxylic acids is 1. The van der Waals surface area contributed by atoms with Gasteiger partial charge in [-0.15, -0.1) is 0 Å². The van der Waals surface area contributed by atoms with Crippen molar-refractivity contribution in [3.8, 4) is 17.6 Å². The second-order valence-electron chi connectivity index (χ2n) is 8.88. The lowest BCUT2D eigenvalue weighted by Crippen LogP contribution is -2.32. The molecule has 0 unspecified atom stereocenters. The summed E-state index contributed by atoms with van der Waals surface area (Å²) in [6.07, 6.45) is 1.86. The van der Waals surface area contributed by atoms with E-state index in [-0.39, 0.29) is 18.4 Å². The first kappa shape index (κ1) is 28.0. The van der Waals surface area contributed by atoms with Gasteiger partial charge in [-0.2, -0.15) is 5.26 Å². The molecule has 1 aliphatic rings. The number of rotatable bonds is 8. The number of benzene rings is 3. The largest absolute Gasteiger partial charge is 0.497 e. The number of aliphatic imine (C=N–C) groups is 1. The van der Waals surface area contributed by atoms with Crippen LogP contribution in [-0.2, 0) is 11.4 Å².